The van der Waals surface area contributed by atoms with Crippen LogP contribution in [0.4, 0.5) is 0 Å². The van der Waals surface area contributed by atoms with Gasteiger partial charge in [0.25, 0.3) is 5.91 Å². The van der Waals surface area contributed by atoms with Gasteiger partial charge in [0.15, 0.2) is 4.83 Å². The number of carbonyl (C=O) groups excluding carboxylic acids is 2. The smallest absolute Gasteiger partial charge is 0.266 e. The van der Waals surface area contributed by atoms with E-state index >= 15 is 0 Å². The Hall–Kier alpha value is -1.05. The predicted octanol–water partition coefficient (Wildman–Crippen LogP) is 0.918. The molecule has 2 amide bonds. The summed E-state index contributed by atoms with van der Waals surface area (Å²) in [5, 5.41) is 0.609. The van der Waals surface area contributed by atoms with Gasteiger partial charge in [0.05, 0.1) is 0 Å². The Bertz CT molecular complexity index is 485. The highest BCUT2D eigenvalue weighted by molar-refractivity contribution is 9.10. The number of hydrazine groups is 1. The Balaban J connectivity index is 2.03. The fourth-order valence-electron chi connectivity index (χ4n) is 1.79. The SMILES string of the molecule is CC(=O)NN1C(=O)C(Br)[C@H]1[S+]([O-])Cc1ccccc1. The van der Waals surface area contributed by atoms with E-state index in [4.69, 9.17) is 0 Å². The quantitative estimate of drug-likeness (QED) is 0.501. The number of halogens is 1. The molecule has 1 N–H and O–H groups in total. The molecule has 7 heteroatoms. The van der Waals surface area contributed by atoms with Crippen LogP contribution in [0.2, 0.25) is 0 Å². The van der Waals surface area contributed by atoms with Crippen molar-refractivity contribution in [2.45, 2.75) is 22.9 Å². The third-order valence-corrected chi connectivity index (χ3v) is 5.56. The molecular formula is C12H13BrN2O3S. The Labute approximate surface area is 122 Å². The number of benzene rings is 1. The third-order valence-electron chi connectivity index (χ3n) is 2.68. The number of hydrogen-bond donors (Lipinski definition) is 1. The van der Waals surface area contributed by atoms with E-state index in [1.165, 1.54) is 6.92 Å². The Morgan fingerprint density at radius 1 is 1.47 bits per heavy atom. The largest absolute Gasteiger partial charge is 0.614 e. The second-order valence-electron chi connectivity index (χ2n) is 4.18. The molecule has 5 nitrogen and oxygen atoms in total. The molecule has 0 radical (unpaired) electrons. The average Bonchev–Trinajstić information content (AvgIpc) is 2.38. The molecular weight excluding hydrogens is 332 g/mol. The lowest BCUT2D eigenvalue weighted by atomic mass is 10.2. The fourth-order valence-corrected chi connectivity index (χ4v) is 4.44. The summed E-state index contributed by atoms with van der Waals surface area (Å²) in [5.74, 6) is -0.284. The molecule has 1 heterocycles. The van der Waals surface area contributed by atoms with Gasteiger partial charge in [0.1, 0.15) is 5.75 Å². The number of β-lactam (4-membered cyclic amide) rings is 1. The number of hydrogen-bond acceptors (Lipinski definition) is 3. The summed E-state index contributed by atoms with van der Waals surface area (Å²) < 4.78 is 12.3. The van der Waals surface area contributed by atoms with E-state index < -0.39 is 21.4 Å². The number of amides is 2. The van der Waals surface area contributed by atoms with E-state index in [1.807, 2.05) is 30.3 Å². The maximum atomic E-state index is 12.3. The highest BCUT2D eigenvalue weighted by atomic mass is 79.9. The van der Waals surface area contributed by atoms with Crippen LogP contribution in [0.5, 0.6) is 0 Å². The first kappa shape index (κ1) is 14.4. The number of alkyl halides is 1. The normalized spacial score (nSPS) is 23.7. The van der Waals surface area contributed by atoms with Crippen molar-refractivity contribution >= 4 is 38.9 Å². The van der Waals surface area contributed by atoms with Crippen molar-refractivity contribution in [3.05, 3.63) is 35.9 Å². The minimum atomic E-state index is -1.28. The molecule has 2 unspecified atom stereocenters. The van der Waals surface area contributed by atoms with Crippen LogP contribution in [0.15, 0.2) is 30.3 Å². The van der Waals surface area contributed by atoms with Crippen LogP contribution in [-0.4, -0.2) is 31.6 Å². The van der Waals surface area contributed by atoms with Gasteiger partial charge in [-0.25, -0.2) is 5.01 Å². The summed E-state index contributed by atoms with van der Waals surface area (Å²) in [4.78, 5) is 22.1. The van der Waals surface area contributed by atoms with Gasteiger partial charge in [0, 0.05) is 12.5 Å². The standard InChI is InChI=1S/C12H13BrN2O3S/c1-8(16)14-15-11(17)10(13)12(15)19(18)7-9-5-3-2-4-6-9/h2-6,10,12H,7H2,1H3,(H,14,16)/t10?,12-,19?/m1/s1. The van der Waals surface area contributed by atoms with Gasteiger partial charge in [-0.3, -0.25) is 15.0 Å². The molecule has 0 bridgehead atoms. The van der Waals surface area contributed by atoms with E-state index in [0.29, 0.717) is 5.75 Å². The van der Waals surface area contributed by atoms with E-state index in [0.717, 1.165) is 10.6 Å². The van der Waals surface area contributed by atoms with Gasteiger partial charge in [-0.2, -0.15) is 0 Å². The zero-order chi connectivity index (χ0) is 14.0. The van der Waals surface area contributed by atoms with E-state index in [1.54, 1.807) is 0 Å². The van der Waals surface area contributed by atoms with Crippen LogP contribution in [-0.2, 0) is 26.5 Å². The van der Waals surface area contributed by atoms with Gasteiger partial charge in [-0.1, -0.05) is 46.3 Å². The predicted molar refractivity (Wildman–Crippen MR) is 75.5 cm³/mol. The van der Waals surface area contributed by atoms with Crippen molar-refractivity contribution in [1.82, 2.24) is 10.4 Å². The van der Waals surface area contributed by atoms with E-state index in [-0.39, 0.29) is 11.8 Å². The van der Waals surface area contributed by atoms with Crippen LogP contribution >= 0.6 is 15.9 Å². The summed E-state index contributed by atoms with van der Waals surface area (Å²) in [6.07, 6.45) is 0. The molecule has 0 aromatic heterocycles. The van der Waals surface area contributed by atoms with Crippen LogP contribution < -0.4 is 5.43 Å². The first-order valence-corrected chi connectivity index (χ1v) is 7.96. The molecule has 1 saturated heterocycles. The lowest BCUT2D eigenvalue weighted by Crippen LogP contribution is -2.70. The van der Waals surface area contributed by atoms with Crippen molar-refractivity contribution in [2.24, 2.45) is 0 Å². The molecule has 3 atom stereocenters. The summed E-state index contributed by atoms with van der Waals surface area (Å²) in [6, 6.07) is 9.39. The number of rotatable bonds is 4. The fraction of sp³-hybridized carbons (Fsp3) is 0.333. The van der Waals surface area contributed by atoms with Crippen LogP contribution in [0.25, 0.3) is 0 Å². The number of nitrogens with zero attached hydrogens (tertiary/aromatic N) is 1. The molecule has 2 rings (SSSR count). The maximum absolute atomic E-state index is 12.3. The topological polar surface area (TPSA) is 72.5 Å². The molecule has 0 aliphatic carbocycles. The molecule has 1 aliphatic rings. The first-order chi connectivity index (χ1) is 9.00. The molecule has 1 aromatic carbocycles. The van der Waals surface area contributed by atoms with Crippen LogP contribution in [0.3, 0.4) is 0 Å². The monoisotopic (exact) mass is 344 g/mol. The number of nitrogens with one attached hydrogen (secondary N) is 1. The summed E-state index contributed by atoms with van der Waals surface area (Å²) in [7, 11) is 0. The Morgan fingerprint density at radius 3 is 2.68 bits per heavy atom. The Morgan fingerprint density at radius 2 is 2.11 bits per heavy atom. The molecule has 0 spiro atoms. The van der Waals surface area contributed by atoms with Crippen molar-refractivity contribution in [1.29, 1.82) is 0 Å². The van der Waals surface area contributed by atoms with Crippen molar-refractivity contribution in [3.8, 4) is 0 Å². The zero-order valence-electron chi connectivity index (χ0n) is 10.2. The van der Waals surface area contributed by atoms with Gasteiger partial charge < -0.3 is 4.55 Å². The lowest BCUT2D eigenvalue weighted by molar-refractivity contribution is -0.150. The van der Waals surface area contributed by atoms with Crippen molar-refractivity contribution < 1.29 is 14.1 Å². The zero-order valence-corrected chi connectivity index (χ0v) is 12.6. The maximum Gasteiger partial charge on any atom is 0.266 e. The molecule has 1 aromatic rings. The van der Waals surface area contributed by atoms with Gasteiger partial charge >= 0.3 is 0 Å². The van der Waals surface area contributed by atoms with Gasteiger partial charge in [-0.05, 0) is 11.2 Å². The second-order valence-corrected chi connectivity index (χ2v) is 6.70. The highest BCUT2D eigenvalue weighted by Gasteiger charge is 2.54. The molecule has 0 saturated carbocycles. The van der Waals surface area contributed by atoms with Crippen LogP contribution in [0, 0.1) is 0 Å². The van der Waals surface area contributed by atoms with Gasteiger partial charge in [0.2, 0.25) is 11.3 Å². The minimum absolute atomic E-state index is 0.276. The minimum Gasteiger partial charge on any atom is -0.614 e. The summed E-state index contributed by atoms with van der Waals surface area (Å²) in [6.45, 7) is 1.31. The first-order valence-electron chi connectivity index (χ1n) is 5.66. The number of carbonyl (C=O) groups is 2. The molecule has 19 heavy (non-hydrogen) atoms. The van der Waals surface area contributed by atoms with Crippen molar-refractivity contribution in [3.63, 3.8) is 0 Å². The van der Waals surface area contributed by atoms with E-state index in [2.05, 4.69) is 21.4 Å². The molecule has 1 fully saturated rings. The van der Waals surface area contributed by atoms with Crippen LogP contribution in [0.1, 0.15) is 12.5 Å². The third kappa shape index (κ3) is 3.10. The molecule has 102 valence electrons. The van der Waals surface area contributed by atoms with Crippen molar-refractivity contribution in [2.75, 3.05) is 0 Å². The molecule has 1 aliphatic heterocycles. The Kier molecular flexibility index (Phi) is 4.49. The average molecular weight is 345 g/mol. The highest BCUT2D eigenvalue weighted by Crippen LogP contribution is 2.31. The summed E-state index contributed by atoms with van der Waals surface area (Å²) in [5.41, 5.74) is 3.33. The second kappa shape index (κ2) is 5.94. The van der Waals surface area contributed by atoms with E-state index in [9.17, 15) is 14.1 Å². The lowest BCUT2D eigenvalue weighted by Gasteiger charge is -2.42. The summed E-state index contributed by atoms with van der Waals surface area (Å²) >= 11 is 1.92. The van der Waals surface area contributed by atoms with Gasteiger partial charge in [-0.15, -0.1) is 0 Å².